The summed E-state index contributed by atoms with van der Waals surface area (Å²) in [5.41, 5.74) is 1.18. The number of methoxy groups -OCH3 is 1. The van der Waals surface area contributed by atoms with Gasteiger partial charge in [0.25, 0.3) is 5.56 Å². The van der Waals surface area contributed by atoms with Crippen molar-refractivity contribution in [1.29, 1.82) is 0 Å². The van der Waals surface area contributed by atoms with Crippen LogP contribution in [-0.2, 0) is 6.54 Å². The van der Waals surface area contributed by atoms with E-state index in [1.807, 2.05) is 30.3 Å². The highest BCUT2D eigenvalue weighted by Gasteiger charge is 2.15. The molecule has 5 heteroatoms. The molecule has 0 amide bonds. The van der Waals surface area contributed by atoms with Crippen molar-refractivity contribution < 1.29 is 9.84 Å². The van der Waals surface area contributed by atoms with Gasteiger partial charge < -0.3 is 9.84 Å². The smallest absolute Gasteiger partial charge is 0.261 e. The maximum absolute atomic E-state index is 12.7. The van der Waals surface area contributed by atoms with E-state index in [1.165, 1.54) is 4.57 Å². The molecule has 5 nitrogen and oxygen atoms in total. The van der Waals surface area contributed by atoms with Crippen LogP contribution in [0, 0.1) is 0 Å². The lowest BCUT2D eigenvalue weighted by Crippen LogP contribution is -2.25. The van der Waals surface area contributed by atoms with Crippen LogP contribution in [0.15, 0.2) is 53.3 Å². The Kier molecular flexibility index (Phi) is 3.89. The van der Waals surface area contributed by atoms with Crippen LogP contribution in [0.4, 0.5) is 0 Å². The summed E-state index contributed by atoms with van der Waals surface area (Å²) in [5.74, 6) is 1.13. The number of rotatable bonds is 4. The van der Waals surface area contributed by atoms with E-state index in [-0.39, 0.29) is 18.7 Å². The largest absolute Gasteiger partial charge is 0.496 e. The lowest BCUT2D eigenvalue weighted by atomic mass is 10.1. The third-order valence-corrected chi connectivity index (χ3v) is 3.53. The van der Waals surface area contributed by atoms with Crippen LogP contribution in [0.2, 0.25) is 0 Å². The van der Waals surface area contributed by atoms with Gasteiger partial charge in [-0.25, -0.2) is 4.98 Å². The van der Waals surface area contributed by atoms with Gasteiger partial charge in [0.05, 0.1) is 36.7 Å². The quantitative estimate of drug-likeness (QED) is 0.800. The van der Waals surface area contributed by atoms with Gasteiger partial charge >= 0.3 is 0 Å². The Bertz CT molecular complexity index is 871. The third-order valence-electron chi connectivity index (χ3n) is 3.53. The van der Waals surface area contributed by atoms with Crippen LogP contribution in [0.3, 0.4) is 0 Å². The summed E-state index contributed by atoms with van der Waals surface area (Å²) in [6.07, 6.45) is 0. The van der Waals surface area contributed by atoms with E-state index in [4.69, 9.17) is 4.74 Å². The Morgan fingerprint density at radius 2 is 1.86 bits per heavy atom. The van der Waals surface area contributed by atoms with E-state index >= 15 is 0 Å². The zero-order valence-electron chi connectivity index (χ0n) is 12.2. The normalized spacial score (nSPS) is 10.8. The topological polar surface area (TPSA) is 64.3 Å². The molecule has 0 aliphatic rings. The summed E-state index contributed by atoms with van der Waals surface area (Å²) < 4.78 is 6.85. The molecule has 1 aromatic heterocycles. The van der Waals surface area contributed by atoms with Gasteiger partial charge in [0.1, 0.15) is 11.6 Å². The number of hydrogen-bond acceptors (Lipinski definition) is 4. The molecule has 0 aliphatic heterocycles. The summed E-state index contributed by atoms with van der Waals surface area (Å²) in [6.45, 7) is 0.0477. The minimum absolute atomic E-state index is 0.137. The van der Waals surface area contributed by atoms with Gasteiger partial charge in [-0.2, -0.15) is 0 Å². The molecule has 0 bridgehead atoms. The van der Waals surface area contributed by atoms with E-state index in [9.17, 15) is 9.90 Å². The van der Waals surface area contributed by atoms with Crippen molar-refractivity contribution in [3.05, 3.63) is 58.9 Å². The molecule has 0 fully saturated rings. The summed E-state index contributed by atoms with van der Waals surface area (Å²) in [5, 5.41) is 9.83. The minimum Gasteiger partial charge on any atom is -0.496 e. The molecule has 0 atom stereocenters. The van der Waals surface area contributed by atoms with Gasteiger partial charge in [0, 0.05) is 0 Å². The molecule has 0 aliphatic carbocycles. The van der Waals surface area contributed by atoms with E-state index in [0.29, 0.717) is 22.5 Å². The first kappa shape index (κ1) is 14.3. The zero-order valence-corrected chi connectivity index (χ0v) is 12.2. The fourth-order valence-electron chi connectivity index (χ4n) is 2.51. The molecule has 0 spiro atoms. The second-order valence-electron chi connectivity index (χ2n) is 4.83. The van der Waals surface area contributed by atoms with Crippen molar-refractivity contribution >= 4 is 10.9 Å². The fraction of sp³-hybridized carbons (Fsp3) is 0.176. The van der Waals surface area contributed by atoms with E-state index in [1.54, 1.807) is 25.3 Å². The summed E-state index contributed by atoms with van der Waals surface area (Å²) >= 11 is 0. The molecular weight excluding hydrogens is 280 g/mol. The average Bonchev–Trinajstić information content (AvgIpc) is 2.57. The first-order valence-corrected chi connectivity index (χ1v) is 7.00. The van der Waals surface area contributed by atoms with Crippen LogP contribution < -0.4 is 10.3 Å². The molecule has 22 heavy (non-hydrogen) atoms. The summed E-state index contributed by atoms with van der Waals surface area (Å²) in [7, 11) is 1.58. The highest BCUT2D eigenvalue weighted by Crippen LogP contribution is 2.28. The second kappa shape index (κ2) is 5.99. The highest BCUT2D eigenvalue weighted by molar-refractivity contribution is 5.80. The van der Waals surface area contributed by atoms with Gasteiger partial charge in [0.2, 0.25) is 0 Å². The molecule has 3 rings (SSSR count). The van der Waals surface area contributed by atoms with Crippen LogP contribution in [0.1, 0.15) is 0 Å². The third kappa shape index (κ3) is 2.35. The molecule has 0 saturated carbocycles. The van der Waals surface area contributed by atoms with E-state index < -0.39 is 0 Å². The number of fused-ring (bicyclic) bond motifs is 1. The van der Waals surface area contributed by atoms with Crippen LogP contribution in [0.5, 0.6) is 5.75 Å². The average molecular weight is 296 g/mol. The molecule has 0 unspecified atom stereocenters. The molecular formula is C17H16N2O3. The van der Waals surface area contributed by atoms with Gasteiger partial charge in [-0.3, -0.25) is 9.36 Å². The number of aliphatic hydroxyl groups is 1. The van der Waals surface area contributed by atoms with E-state index in [0.717, 1.165) is 5.56 Å². The standard InChI is InChI=1S/C17H16N2O3/c1-22-15-9-5-3-7-13(15)16-18-14-8-4-2-6-12(14)17(21)19(16)10-11-20/h2-9,20H,10-11H2,1H3. The number of nitrogens with zero attached hydrogens (tertiary/aromatic N) is 2. The first-order chi connectivity index (χ1) is 10.8. The number of para-hydroxylation sites is 2. The number of aliphatic hydroxyl groups excluding tert-OH is 1. The van der Waals surface area contributed by atoms with Gasteiger partial charge in [-0.15, -0.1) is 0 Å². The maximum Gasteiger partial charge on any atom is 0.261 e. The van der Waals surface area contributed by atoms with Crippen molar-refractivity contribution in [2.75, 3.05) is 13.7 Å². The predicted octanol–water partition coefficient (Wildman–Crippen LogP) is 2.06. The van der Waals surface area contributed by atoms with Crippen molar-refractivity contribution in [3.63, 3.8) is 0 Å². The highest BCUT2D eigenvalue weighted by atomic mass is 16.5. The number of aromatic nitrogens is 2. The van der Waals surface area contributed by atoms with Crippen molar-refractivity contribution in [1.82, 2.24) is 9.55 Å². The lowest BCUT2D eigenvalue weighted by molar-refractivity contribution is 0.274. The fourth-order valence-corrected chi connectivity index (χ4v) is 2.51. The minimum atomic E-state index is -0.166. The van der Waals surface area contributed by atoms with Crippen LogP contribution in [-0.4, -0.2) is 28.4 Å². The summed E-state index contributed by atoms with van der Waals surface area (Å²) in [6, 6.07) is 14.6. The molecule has 112 valence electrons. The predicted molar refractivity (Wildman–Crippen MR) is 85.1 cm³/mol. The van der Waals surface area contributed by atoms with Crippen LogP contribution in [0.25, 0.3) is 22.3 Å². The molecule has 2 aromatic carbocycles. The SMILES string of the molecule is COc1ccccc1-c1nc2ccccc2c(=O)n1CCO. The Hall–Kier alpha value is -2.66. The van der Waals surface area contributed by atoms with Gasteiger partial charge in [-0.1, -0.05) is 24.3 Å². The van der Waals surface area contributed by atoms with Crippen molar-refractivity contribution in [2.45, 2.75) is 6.54 Å². The summed E-state index contributed by atoms with van der Waals surface area (Å²) in [4.78, 5) is 17.3. The number of benzene rings is 2. The lowest BCUT2D eigenvalue weighted by Gasteiger charge is -2.14. The Morgan fingerprint density at radius 3 is 2.64 bits per heavy atom. The van der Waals surface area contributed by atoms with E-state index in [2.05, 4.69) is 4.98 Å². The molecule has 3 aromatic rings. The maximum atomic E-state index is 12.7. The number of hydrogen-bond donors (Lipinski definition) is 1. The Labute approximate surface area is 127 Å². The second-order valence-corrected chi connectivity index (χ2v) is 4.83. The van der Waals surface area contributed by atoms with Crippen molar-refractivity contribution in [2.24, 2.45) is 0 Å². The molecule has 1 N–H and O–H groups in total. The monoisotopic (exact) mass is 296 g/mol. The Morgan fingerprint density at radius 1 is 1.14 bits per heavy atom. The molecule has 0 radical (unpaired) electrons. The molecule has 0 saturated heterocycles. The van der Waals surface area contributed by atoms with Crippen molar-refractivity contribution in [3.8, 4) is 17.1 Å². The van der Waals surface area contributed by atoms with Gasteiger partial charge in [0.15, 0.2) is 0 Å². The zero-order chi connectivity index (χ0) is 15.5. The van der Waals surface area contributed by atoms with Crippen LogP contribution >= 0.6 is 0 Å². The number of ether oxygens (including phenoxy) is 1. The first-order valence-electron chi connectivity index (χ1n) is 7.00. The molecule has 1 heterocycles. The Balaban J connectivity index is 2.37. The van der Waals surface area contributed by atoms with Gasteiger partial charge in [-0.05, 0) is 24.3 Å².